The van der Waals surface area contributed by atoms with E-state index in [4.69, 9.17) is 11.6 Å². The number of rotatable bonds is 2. The fraction of sp³-hybridized carbons (Fsp3) is 0.240. The molecule has 0 bridgehead atoms. The van der Waals surface area contributed by atoms with Gasteiger partial charge in [-0.3, -0.25) is 0 Å². The first-order chi connectivity index (χ1) is 15.0. The summed E-state index contributed by atoms with van der Waals surface area (Å²) in [5.74, 6) is 7.17. The van der Waals surface area contributed by atoms with Crippen molar-refractivity contribution in [3.8, 4) is 11.8 Å². The van der Waals surface area contributed by atoms with Crippen LogP contribution in [-0.4, -0.2) is 17.4 Å². The molecule has 1 aliphatic rings. The van der Waals surface area contributed by atoms with Crippen LogP contribution in [0.25, 0.3) is 21.9 Å². The standard InChI is InChI=1S/C25H21ClN2O2S/c26-24-16-14-21-22-17-19(12-11-18-7-3-1-4-8-18)13-15-23(22)28(25(21)27-24)31(29,30)20-9-5-2-6-10-20/h2,5-6,9-10,13-18H,1,3-4,7-8H2. The molecule has 0 radical (unpaired) electrons. The lowest BCUT2D eigenvalue weighted by Crippen LogP contribution is -2.13. The van der Waals surface area contributed by atoms with Crippen molar-refractivity contribution >= 4 is 43.6 Å². The second-order valence-corrected chi connectivity index (χ2v) is 10.1. The second-order valence-electron chi connectivity index (χ2n) is 7.92. The smallest absolute Gasteiger partial charge is 0.217 e. The molecule has 5 rings (SSSR count). The van der Waals surface area contributed by atoms with Gasteiger partial charge in [0.05, 0.1) is 10.4 Å². The first-order valence-electron chi connectivity index (χ1n) is 10.5. The Labute approximate surface area is 186 Å². The monoisotopic (exact) mass is 448 g/mol. The van der Waals surface area contributed by atoms with Gasteiger partial charge in [-0.1, -0.05) is 60.9 Å². The number of aromatic nitrogens is 2. The quantitative estimate of drug-likeness (QED) is 0.278. The van der Waals surface area contributed by atoms with Gasteiger partial charge in [0.15, 0.2) is 5.65 Å². The second kappa shape index (κ2) is 8.03. The van der Waals surface area contributed by atoms with Crippen LogP contribution in [0.1, 0.15) is 37.7 Å². The first-order valence-corrected chi connectivity index (χ1v) is 12.3. The van der Waals surface area contributed by atoms with Crippen molar-refractivity contribution in [1.82, 2.24) is 8.96 Å². The van der Waals surface area contributed by atoms with E-state index in [1.54, 1.807) is 36.4 Å². The van der Waals surface area contributed by atoms with Crippen LogP contribution >= 0.6 is 11.6 Å². The topological polar surface area (TPSA) is 52.0 Å². The first kappa shape index (κ1) is 20.1. The van der Waals surface area contributed by atoms with Crippen LogP contribution in [0.5, 0.6) is 0 Å². The summed E-state index contributed by atoms with van der Waals surface area (Å²) < 4.78 is 28.3. The average Bonchev–Trinajstić information content (AvgIpc) is 3.12. The van der Waals surface area contributed by atoms with Gasteiger partial charge in [0, 0.05) is 22.3 Å². The number of benzene rings is 2. The molecule has 2 heterocycles. The summed E-state index contributed by atoms with van der Waals surface area (Å²) in [6.07, 6.45) is 6.11. The maximum Gasteiger partial charge on any atom is 0.269 e. The summed E-state index contributed by atoms with van der Waals surface area (Å²) in [7, 11) is -3.85. The van der Waals surface area contributed by atoms with Gasteiger partial charge in [0.2, 0.25) is 0 Å². The molecule has 0 spiro atoms. The van der Waals surface area contributed by atoms with E-state index in [2.05, 4.69) is 16.8 Å². The van der Waals surface area contributed by atoms with Gasteiger partial charge in [-0.15, -0.1) is 0 Å². The predicted molar refractivity (Wildman–Crippen MR) is 125 cm³/mol. The van der Waals surface area contributed by atoms with E-state index in [0.29, 0.717) is 17.1 Å². The van der Waals surface area contributed by atoms with Gasteiger partial charge in [-0.05, 0) is 55.3 Å². The Morgan fingerprint density at radius 1 is 0.935 bits per heavy atom. The van der Waals surface area contributed by atoms with Crippen molar-refractivity contribution in [1.29, 1.82) is 0 Å². The summed E-state index contributed by atoms with van der Waals surface area (Å²) in [5, 5.41) is 1.78. The molecule has 0 saturated heterocycles. The molecule has 0 atom stereocenters. The number of pyridine rings is 1. The van der Waals surface area contributed by atoms with Crippen molar-refractivity contribution in [3.63, 3.8) is 0 Å². The molecule has 0 unspecified atom stereocenters. The third kappa shape index (κ3) is 3.71. The fourth-order valence-electron chi connectivity index (χ4n) is 4.28. The minimum Gasteiger partial charge on any atom is -0.217 e. The molecule has 2 aromatic carbocycles. The molecule has 2 aromatic heterocycles. The zero-order valence-electron chi connectivity index (χ0n) is 16.9. The van der Waals surface area contributed by atoms with Crippen molar-refractivity contribution in [2.45, 2.75) is 37.0 Å². The Hall–Kier alpha value is -2.81. The van der Waals surface area contributed by atoms with Crippen LogP contribution in [-0.2, 0) is 10.0 Å². The Kier molecular flexibility index (Phi) is 5.21. The van der Waals surface area contributed by atoms with Crippen LogP contribution in [0.15, 0.2) is 65.6 Å². The third-order valence-corrected chi connectivity index (χ3v) is 7.77. The number of hydrogen-bond donors (Lipinski definition) is 0. The largest absolute Gasteiger partial charge is 0.269 e. The van der Waals surface area contributed by atoms with Gasteiger partial charge in [-0.25, -0.2) is 17.4 Å². The van der Waals surface area contributed by atoms with Gasteiger partial charge >= 0.3 is 0 Å². The van der Waals surface area contributed by atoms with E-state index in [1.807, 2.05) is 24.3 Å². The van der Waals surface area contributed by atoms with E-state index in [-0.39, 0.29) is 10.0 Å². The molecular weight excluding hydrogens is 428 g/mol. The SMILES string of the molecule is O=S(=O)(c1ccccc1)n1c2ccc(C#CC3CCCCC3)cc2c2ccc(Cl)nc21. The summed E-state index contributed by atoms with van der Waals surface area (Å²) in [5.41, 5.74) is 1.77. The Morgan fingerprint density at radius 3 is 2.48 bits per heavy atom. The minimum atomic E-state index is -3.85. The Morgan fingerprint density at radius 2 is 1.71 bits per heavy atom. The molecule has 156 valence electrons. The predicted octanol–water partition coefficient (Wildman–Crippen LogP) is 6.01. The molecule has 4 nitrogen and oxygen atoms in total. The maximum absolute atomic E-state index is 13.5. The van der Waals surface area contributed by atoms with Gasteiger partial charge in [0.1, 0.15) is 5.15 Å². The highest BCUT2D eigenvalue weighted by Gasteiger charge is 2.24. The van der Waals surface area contributed by atoms with E-state index in [1.165, 1.54) is 23.2 Å². The molecule has 0 aliphatic heterocycles. The van der Waals surface area contributed by atoms with E-state index < -0.39 is 10.0 Å². The molecule has 4 aromatic rings. The fourth-order valence-corrected chi connectivity index (χ4v) is 5.92. The van der Waals surface area contributed by atoms with Gasteiger partial charge in [0.25, 0.3) is 10.0 Å². The minimum absolute atomic E-state index is 0.205. The van der Waals surface area contributed by atoms with Crippen LogP contribution in [0.4, 0.5) is 0 Å². The number of hydrogen-bond acceptors (Lipinski definition) is 3. The molecule has 0 N–H and O–H groups in total. The van der Waals surface area contributed by atoms with Crippen LogP contribution in [0, 0.1) is 17.8 Å². The van der Waals surface area contributed by atoms with Crippen molar-refractivity contribution in [3.05, 3.63) is 71.4 Å². The molecule has 31 heavy (non-hydrogen) atoms. The van der Waals surface area contributed by atoms with Gasteiger partial charge in [-0.2, -0.15) is 0 Å². The average molecular weight is 449 g/mol. The highest BCUT2D eigenvalue weighted by atomic mass is 35.5. The van der Waals surface area contributed by atoms with Crippen LogP contribution in [0.3, 0.4) is 0 Å². The highest BCUT2D eigenvalue weighted by molar-refractivity contribution is 7.90. The van der Waals surface area contributed by atoms with E-state index in [9.17, 15) is 8.42 Å². The van der Waals surface area contributed by atoms with E-state index in [0.717, 1.165) is 29.2 Å². The van der Waals surface area contributed by atoms with Crippen molar-refractivity contribution in [2.24, 2.45) is 5.92 Å². The third-order valence-electron chi connectivity index (χ3n) is 5.85. The van der Waals surface area contributed by atoms with Crippen LogP contribution < -0.4 is 0 Å². The summed E-state index contributed by atoms with van der Waals surface area (Å²) in [6.45, 7) is 0. The molecule has 1 saturated carbocycles. The maximum atomic E-state index is 13.5. The number of nitrogens with zero attached hydrogens (tertiary/aromatic N) is 2. The lowest BCUT2D eigenvalue weighted by atomic mass is 9.89. The highest BCUT2D eigenvalue weighted by Crippen LogP contribution is 2.33. The van der Waals surface area contributed by atoms with Crippen LogP contribution in [0.2, 0.25) is 5.15 Å². The number of halogens is 1. The van der Waals surface area contributed by atoms with E-state index >= 15 is 0 Å². The molecular formula is C25H21ClN2O2S. The molecule has 1 aliphatic carbocycles. The van der Waals surface area contributed by atoms with Crippen molar-refractivity contribution in [2.75, 3.05) is 0 Å². The van der Waals surface area contributed by atoms with Gasteiger partial charge < -0.3 is 0 Å². The normalized spacial score (nSPS) is 15.1. The molecule has 6 heteroatoms. The Balaban J connectivity index is 1.70. The summed E-state index contributed by atoms with van der Waals surface area (Å²) in [4.78, 5) is 4.57. The zero-order chi connectivity index (χ0) is 21.4. The summed E-state index contributed by atoms with van der Waals surface area (Å²) in [6, 6.07) is 17.5. The Bertz CT molecular complexity index is 1440. The lowest BCUT2D eigenvalue weighted by molar-refractivity contribution is 0.430. The molecule has 0 amide bonds. The lowest BCUT2D eigenvalue weighted by Gasteiger charge is -2.15. The zero-order valence-corrected chi connectivity index (χ0v) is 18.5. The number of fused-ring (bicyclic) bond motifs is 3. The summed E-state index contributed by atoms with van der Waals surface area (Å²) >= 11 is 6.14. The van der Waals surface area contributed by atoms with Crippen molar-refractivity contribution < 1.29 is 8.42 Å². The molecule has 1 fully saturated rings.